The van der Waals surface area contributed by atoms with E-state index in [0.717, 1.165) is 11.8 Å². The zero-order chi connectivity index (χ0) is 9.26. The second-order valence-corrected chi connectivity index (χ2v) is 4.93. The van der Waals surface area contributed by atoms with Gasteiger partial charge in [0.15, 0.2) is 0 Å². The van der Waals surface area contributed by atoms with Gasteiger partial charge in [-0.3, -0.25) is 4.99 Å². The van der Waals surface area contributed by atoms with Crippen LogP contribution >= 0.6 is 0 Å². The van der Waals surface area contributed by atoms with Gasteiger partial charge in [-0.2, -0.15) is 0 Å². The van der Waals surface area contributed by atoms with Crippen LogP contribution in [0.3, 0.4) is 0 Å². The zero-order valence-electron chi connectivity index (χ0n) is 8.66. The lowest BCUT2D eigenvalue weighted by atomic mass is 9.79. The van der Waals surface area contributed by atoms with E-state index < -0.39 is 0 Å². The van der Waals surface area contributed by atoms with Crippen LogP contribution < -0.4 is 5.32 Å². The van der Waals surface area contributed by atoms with Crippen molar-refractivity contribution in [2.45, 2.75) is 51.6 Å². The summed E-state index contributed by atoms with van der Waals surface area (Å²) in [6.07, 6.45) is 7.32. The summed E-state index contributed by atoms with van der Waals surface area (Å²) in [5, 5.41) is 3.37. The summed E-state index contributed by atoms with van der Waals surface area (Å²) < 4.78 is 0. The molecule has 0 spiro atoms. The fourth-order valence-corrected chi connectivity index (χ4v) is 2.71. The first-order valence-corrected chi connectivity index (χ1v) is 5.53. The predicted octanol–water partition coefficient (Wildman–Crippen LogP) is 2.20. The Balaban J connectivity index is 1.84. The molecule has 0 aromatic rings. The van der Waals surface area contributed by atoms with Crippen LogP contribution in [-0.2, 0) is 0 Å². The summed E-state index contributed by atoms with van der Waals surface area (Å²) in [7, 11) is 0. The molecule has 1 aliphatic carbocycles. The monoisotopic (exact) mass is 180 g/mol. The molecule has 1 aliphatic heterocycles. The Morgan fingerprint density at radius 1 is 1.46 bits per heavy atom. The van der Waals surface area contributed by atoms with E-state index in [0.29, 0.717) is 12.1 Å². The van der Waals surface area contributed by atoms with E-state index >= 15 is 0 Å². The highest BCUT2D eigenvalue weighted by Gasteiger charge is 2.31. The molecule has 3 unspecified atom stereocenters. The molecule has 0 radical (unpaired) electrons. The molecule has 1 heterocycles. The Morgan fingerprint density at radius 3 is 3.08 bits per heavy atom. The van der Waals surface area contributed by atoms with Crippen molar-refractivity contribution in [2.24, 2.45) is 16.8 Å². The number of nitrogens with zero attached hydrogens (tertiary/aromatic N) is 1. The molecule has 0 aromatic heterocycles. The van der Waals surface area contributed by atoms with Gasteiger partial charge in [0, 0.05) is 6.04 Å². The largest absolute Gasteiger partial charge is 0.372 e. The van der Waals surface area contributed by atoms with E-state index in [1.165, 1.54) is 25.7 Å². The van der Waals surface area contributed by atoms with E-state index in [2.05, 4.69) is 24.2 Å². The minimum absolute atomic E-state index is 0.600. The van der Waals surface area contributed by atoms with Gasteiger partial charge in [0.2, 0.25) is 0 Å². The number of hydrogen-bond acceptors (Lipinski definition) is 2. The van der Waals surface area contributed by atoms with Crippen LogP contribution in [0.25, 0.3) is 0 Å². The smallest absolute Gasteiger partial charge is 0.0831 e. The van der Waals surface area contributed by atoms with Crippen LogP contribution in [0.5, 0.6) is 0 Å². The van der Waals surface area contributed by atoms with Gasteiger partial charge >= 0.3 is 0 Å². The Bertz CT molecular complexity index is 198. The van der Waals surface area contributed by atoms with Crippen LogP contribution in [0.1, 0.15) is 39.5 Å². The van der Waals surface area contributed by atoms with Gasteiger partial charge in [-0.15, -0.1) is 0 Å². The van der Waals surface area contributed by atoms with Gasteiger partial charge in [0.25, 0.3) is 0 Å². The average Bonchev–Trinajstić information content (AvgIpc) is 2.49. The van der Waals surface area contributed by atoms with Gasteiger partial charge in [-0.25, -0.2) is 0 Å². The zero-order valence-corrected chi connectivity index (χ0v) is 8.66. The summed E-state index contributed by atoms with van der Waals surface area (Å²) in [5.41, 5.74) is 0. The van der Waals surface area contributed by atoms with Crippen LogP contribution in [-0.4, -0.2) is 18.4 Å². The number of rotatable bonds is 2. The van der Waals surface area contributed by atoms with Gasteiger partial charge < -0.3 is 5.32 Å². The number of nitrogens with one attached hydrogen (secondary N) is 1. The summed E-state index contributed by atoms with van der Waals surface area (Å²) >= 11 is 0. The molecule has 0 aromatic carbocycles. The lowest BCUT2D eigenvalue weighted by Gasteiger charge is -2.31. The van der Waals surface area contributed by atoms with E-state index in [1.54, 1.807) is 0 Å². The maximum Gasteiger partial charge on any atom is 0.0831 e. The lowest BCUT2D eigenvalue weighted by molar-refractivity contribution is 0.255. The predicted molar refractivity (Wildman–Crippen MR) is 56.0 cm³/mol. The molecule has 0 bridgehead atoms. The molecule has 2 nitrogen and oxygen atoms in total. The van der Waals surface area contributed by atoms with Crippen molar-refractivity contribution in [1.29, 1.82) is 0 Å². The summed E-state index contributed by atoms with van der Waals surface area (Å²) in [6.45, 7) is 4.65. The second-order valence-electron chi connectivity index (χ2n) is 4.93. The van der Waals surface area contributed by atoms with Crippen molar-refractivity contribution in [3.8, 4) is 0 Å². The third kappa shape index (κ3) is 2.04. The summed E-state index contributed by atoms with van der Waals surface area (Å²) in [5.74, 6) is 1.79. The van der Waals surface area contributed by atoms with E-state index in [9.17, 15) is 0 Å². The summed E-state index contributed by atoms with van der Waals surface area (Å²) in [6, 6.07) is 1.26. The molecule has 13 heavy (non-hydrogen) atoms. The number of aliphatic imine (C=N–C) groups is 1. The van der Waals surface area contributed by atoms with Crippen LogP contribution in [0.15, 0.2) is 4.99 Å². The van der Waals surface area contributed by atoms with Crippen molar-refractivity contribution < 1.29 is 0 Å². The SMILES string of the molecule is CC(C)CC1CCC2N=CNC2C1. The topological polar surface area (TPSA) is 24.4 Å². The van der Waals surface area contributed by atoms with Gasteiger partial charge in [0.1, 0.15) is 0 Å². The van der Waals surface area contributed by atoms with Gasteiger partial charge in [-0.05, 0) is 37.5 Å². The molecule has 1 N–H and O–H groups in total. The first-order valence-electron chi connectivity index (χ1n) is 5.53. The fraction of sp³-hybridized carbons (Fsp3) is 0.909. The van der Waals surface area contributed by atoms with Crippen molar-refractivity contribution >= 4 is 6.34 Å². The number of fused-ring (bicyclic) bond motifs is 1. The summed E-state index contributed by atoms with van der Waals surface area (Å²) in [4.78, 5) is 4.44. The van der Waals surface area contributed by atoms with Crippen LogP contribution in [0.4, 0.5) is 0 Å². The minimum Gasteiger partial charge on any atom is -0.372 e. The average molecular weight is 180 g/mol. The third-order valence-corrected chi connectivity index (χ3v) is 3.28. The first kappa shape index (κ1) is 9.04. The Hall–Kier alpha value is -0.530. The standard InChI is InChI=1S/C11H20N2/c1-8(2)5-9-3-4-10-11(6-9)13-7-12-10/h7-11H,3-6H2,1-2H3,(H,12,13). The van der Waals surface area contributed by atoms with Crippen LogP contribution in [0, 0.1) is 11.8 Å². The highest BCUT2D eigenvalue weighted by Crippen LogP contribution is 2.32. The molecule has 0 saturated heterocycles. The van der Waals surface area contributed by atoms with E-state index in [-0.39, 0.29) is 0 Å². The Labute approximate surface area is 80.8 Å². The quantitative estimate of drug-likeness (QED) is 0.692. The minimum atomic E-state index is 0.600. The highest BCUT2D eigenvalue weighted by molar-refractivity contribution is 5.58. The molecular weight excluding hydrogens is 160 g/mol. The molecule has 1 saturated carbocycles. The Kier molecular flexibility index (Phi) is 2.56. The fourth-order valence-electron chi connectivity index (χ4n) is 2.71. The normalized spacial score (nSPS) is 37.6. The molecular formula is C11H20N2. The lowest BCUT2D eigenvalue weighted by Crippen LogP contribution is -2.38. The molecule has 2 rings (SSSR count). The molecule has 3 atom stereocenters. The van der Waals surface area contributed by atoms with Crippen molar-refractivity contribution in [3.63, 3.8) is 0 Å². The van der Waals surface area contributed by atoms with Crippen molar-refractivity contribution in [3.05, 3.63) is 0 Å². The first-order chi connectivity index (χ1) is 6.25. The molecule has 0 amide bonds. The van der Waals surface area contributed by atoms with Crippen molar-refractivity contribution in [1.82, 2.24) is 5.32 Å². The molecule has 74 valence electrons. The molecule has 1 fully saturated rings. The van der Waals surface area contributed by atoms with Crippen LogP contribution in [0.2, 0.25) is 0 Å². The van der Waals surface area contributed by atoms with Gasteiger partial charge in [-0.1, -0.05) is 13.8 Å². The number of hydrogen-bond donors (Lipinski definition) is 1. The van der Waals surface area contributed by atoms with Gasteiger partial charge in [0.05, 0.1) is 12.4 Å². The molecule has 2 heteroatoms. The molecule has 2 aliphatic rings. The van der Waals surface area contributed by atoms with Crippen molar-refractivity contribution in [2.75, 3.05) is 0 Å². The second kappa shape index (κ2) is 3.69. The third-order valence-electron chi connectivity index (χ3n) is 3.28. The maximum absolute atomic E-state index is 4.44. The Morgan fingerprint density at radius 2 is 2.31 bits per heavy atom. The maximum atomic E-state index is 4.44. The van der Waals surface area contributed by atoms with E-state index in [4.69, 9.17) is 0 Å². The van der Waals surface area contributed by atoms with E-state index in [1.807, 2.05) is 6.34 Å². The highest BCUT2D eigenvalue weighted by atomic mass is 15.1.